The molecular formula is C12H14O6. The molecule has 6 nitrogen and oxygen atoms in total. The van der Waals surface area contributed by atoms with E-state index >= 15 is 0 Å². The Morgan fingerprint density at radius 3 is 2.61 bits per heavy atom. The standard InChI is InChI=1S/C12H14O6/c1-4-16-10(14)6-17-9-5-7(2)18-12(15)11(9)8(3)13/h5H,4,6H2,1-3H3. The second-order valence-electron chi connectivity index (χ2n) is 3.53. The molecule has 1 rings (SSSR count). The summed E-state index contributed by atoms with van der Waals surface area (Å²) in [6.07, 6.45) is 0. The number of Topliss-reactive ketones (excluding diaryl/α,β-unsaturated/α-hetero) is 1. The van der Waals surface area contributed by atoms with Crippen LogP contribution in [0.1, 0.15) is 30.0 Å². The lowest BCUT2D eigenvalue weighted by Crippen LogP contribution is -2.19. The molecule has 0 fully saturated rings. The van der Waals surface area contributed by atoms with Crippen LogP contribution in [0.2, 0.25) is 0 Å². The van der Waals surface area contributed by atoms with Gasteiger partial charge in [0, 0.05) is 6.07 Å². The molecule has 0 aliphatic heterocycles. The molecule has 6 heteroatoms. The summed E-state index contributed by atoms with van der Waals surface area (Å²) in [5.41, 5.74) is -0.980. The predicted molar refractivity (Wildman–Crippen MR) is 61.8 cm³/mol. The van der Waals surface area contributed by atoms with Crippen LogP contribution in [0.5, 0.6) is 5.75 Å². The average Bonchev–Trinajstić information content (AvgIpc) is 2.25. The van der Waals surface area contributed by atoms with Crippen LogP contribution in [0.15, 0.2) is 15.3 Å². The quantitative estimate of drug-likeness (QED) is 0.577. The van der Waals surface area contributed by atoms with Crippen molar-refractivity contribution in [1.29, 1.82) is 0 Å². The summed E-state index contributed by atoms with van der Waals surface area (Å²) in [7, 11) is 0. The van der Waals surface area contributed by atoms with E-state index in [9.17, 15) is 14.4 Å². The van der Waals surface area contributed by atoms with Crippen LogP contribution in [0, 0.1) is 6.92 Å². The Morgan fingerprint density at radius 2 is 2.06 bits per heavy atom. The van der Waals surface area contributed by atoms with Crippen molar-refractivity contribution in [3.05, 3.63) is 27.8 Å². The lowest BCUT2D eigenvalue weighted by molar-refractivity contribution is -0.145. The first-order valence-electron chi connectivity index (χ1n) is 5.39. The highest BCUT2D eigenvalue weighted by Gasteiger charge is 2.17. The molecule has 0 aromatic carbocycles. The van der Waals surface area contributed by atoms with Crippen LogP contribution < -0.4 is 10.4 Å². The first-order chi connectivity index (χ1) is 8.45. The Morgan fingerprint density at radius 1 is 1.39 bits per heavy atom. The Kier molecular flexibility index (Phi) is 4.65. The van der Waals surface area contributed by atoms with Crippen LogP contribution in [0.3, 0.4) is 0 Å². The molecule has 0 radical (unpaired) electrons. The van der Waals surface area contributed by atoms with Crippen molar-refractivity contribution in [1.82, 2.24) is 0 Å². The first kappa shape index (κ1) is 14.0. The molecule has 0 bridgehead atoms. The third-order valence-electron chi connectivity index (χ3n) is 2.04. The maximum Gasteiger partial charge on any atom is 0.350 e. The SMILES string of the molecule is CCOC(=O)COc1cc(C)oc(=O)c1C(C)=O. The third-order valence-corrected chi connectivity index (χ3v) is 2.04. The van der Waals surface area contributed by atoms with Gasteiger partial charge < -0.3 is 13.9 Å². The van der Waals surface area contributed by atoms with E-state index in [0.717, 1.165) is 0 Å². The van der Waals surface area contributed by atoms with Gasteiger partial charge in [0.05, 0.1) is 6.61 Å². The van der Waals surface area contributed by atoms with Crippen molar-refractivity contribution in [2.75, 3.05) is 13.2 Å². The largest absolute Gasteiger partial charge is 0.481 e. The van der Waals surface area contributed by atoms with Gasteiger partial charge in [-0.15, -0.1) is 0 Å². The van der Waals surface area contributed by atoms with E-state index in [0.29, 0.717) is 5.76 Å². The van der Waals surface area contributed by atoms with E-state index in [1.54, 1.807) is 13.8 Å². The predicted octanol–water partition coefficient (Wildman–Crippen LogP) is 1.09. The van der Waals surface area contributed by atoms with Crippen molar-refractivity contribution >= 4 is 11.8 Å². The topological polar surface area (TPSA) is 82.8 Å². The van der Waals surface area contributed by atoms with Gasteiger partial charge in [0.25, 0.3) is 0 Å². The van der Waals surface area contributed by atoms with Gasteiger partial charge in [-0.25, -0.2) is 9.59 Å². The molecule has 0 saturated carbocycles. The zero-order chi connectivity index (χ0) is 13.7. The van der Waals surface area contributed by atoms with Gasteiger partial charge in [0.2, 0.25) is 0 Å². The van der Waals surface area contributed by atoms with Gasteiger partial charge in [-0.1, -0.05) is 0 Å². The molecule has 1 aromatic rings. The zero-order valence-electron chi connectivity index (χ0n) is 10.4. The van der Waals surface area contributed by atoms with E-state index < -0.39 is 17.4 Å². The number of esters is 1. The molecule has 0 atom stereocenters. The summed E-state index contributed by atoms with van der Waals surface area (Å²) < 4.78 is 14.6. The number of ether oxygens (including phenoxy) is 2. The second kappa shape index (κ2) is 6.00. The number of ketones is 1. The lowest BCUT2D eigenvalue weighted by atomic mass is 10.2. The summed E-state index contributed by atoms with van der Waals surface area (Å²) in [4.78, 5) is 33.9. The molecule has 0 aliphatic rings. The van der Waals surface area contributed by atoms with E-state index in [1.807, 2.05) is 0 Å². The molecule has 0 spiro atoms. The molecule has 0 saturated heterocycles. The minimum Gasteiger partial charge on any atom is -0.481 e. The lowest BCUT2D eigenvalue weighted by Gasteiger charge is -2.08. The van der Waals surface area contributed by atoms with Crippen molar-refractivity contribution < 1.29 is 23.5 Å². The minimum atomic E-state index is -0.777. The summed E-state index contributed by atoms with van der Waals surface area (Å²) in [6.45, 7) is 4.30. The third kappa shape index (κ3) is 3.44. The van der Waals surface area contributed by atoms with E-state index in [4.69, 9.17) is 9.15 Å². The molecular weight excluding hydrogens is 240 g/mol. The maximum atomic E-state index is 11.5. The highest BCUT2D eigenvalue weighted by atomic mass is 16.6. The van der Waals surface area contributed by atoms with E-state index in [1.165, 1.54) is 13.0 Å². The van der Waals surface area contributed by atoms with Crippen LogP contribution in [0.4, 0.5) is 0 Å². The van der Waals surface area contributed by atoms with Crippen molar-refractivity contribution in [2.45, 2.75) is 20.8 Å². The Balaban J connectivity index is 2.97. The summed E-state index contributed by atoms with van der Waals surface area (Å²) in [6, 6.07) is 1.39. The van der Waals surface area contributed by atoms with Crippen molar-refractivity contribution in [3.63, 3.8) is 0 Å². The number of hydrogen-bond donors (Lipinski definition) is 0. The van der Waals surface area contributed by atoms with Gasteiger partial charge in [-0.2, -0.15) is 0 Å². The molecule has 0 aliphatic carbocycles. The smallest absolute Gasteiger partial charge is 0.350 e. The molecule has 0 N–H and O–H groups in total. The second-order valence-corrected chi connectivity index (χ2v) is 3.53. The number of rotatable bonds is 5. The van der Waals surface area contributed by atoms with E-state index in [-0.39, 0.29) is 24.5 Å². The molecule has 18 heavy (non-hydrogen) atoms. The van der Waals surface area contributed by atoms with E-state index in [2.05, 4.69) is 4.74 Å². The zero-order valence-corrected chi connectivity index (χ0v) is 10.4. The number of aryl methyl sites for hydroxylation is 1. The van der Waals surface area contributed by atoms with Crippen LogP contribution in [-0.4, -0.2) is 25.0 Å². The summed E-state index contributed by atoms with van der Waals surface area (Å²) >= 11 is 0. The Bertz CT molecular complexity index is 514. The summed E-state index contributed by atoms with van der Waals surface area (Å²) in [5.74, 6) is -0.728. The fourth-order valence-corrected chi connectivity index (χ4v) is 1.35. The first-order valence-corrected chi connectivity index (χ1v) is 5.39. The van der Waals surface area contributed by atoms with Crippen LogP contribution in [-0.2, 0) is 9.53 Å². The van der Waals surface area contributed by atoms with Crippen molar-refractivity contribution in [2.24, 2.45) is 0 Å². The molecule has 98 valence electrons. The van der Waals surface area contributed by atoms with Gasteiger partial charge in [-0.05, 0) is 20.8 Å². The fourth-order valence-electron chi connectivity index (χ4n) is 1.35. The Labute approximate surface area is 104 Å². The molecule has 0 amide bonds. The maximum absolute atomic E-state index is 11.5. The molecule has 1 heterocycles. The van der Waals surface area contributed by atoms with Gasteiger partial charge >= 0.3 is 11.6 Å². The molecule has 1 aromatic heterocycles. The van der Waals surface area contributed by atoms with Gasteiger partial charge in [0.1, 0.15) is 17.1 Å². The minimum absolute atomic E-state index is 0.0318. The highest BCUT2D eigenvalue weighted by Crippen LogP contribution is 2.17. The highest BCUT2D eigenvalue weighted by molar-refractivity contribution is 5.96. The monoisotopic (exact) mass is 254 g/mol. The number of hydrogen-bond acceptors (Lipinski definition) is 6. The fraction of sp³-hybridized carbons (Fsp3) is 0.417. The van der Waals surface area contributed by atoms with Gasteiger partial charge in [0.15, 0.2) is 12.4 Å². The average molecular weight is 254 g/mol. The van der Waals surface area contributed by atoms with Crippen LogP contribution >= 0.6 is 0 Å². The normalized spacial score (nSPS) is 9.94. The van der Waals surface area contributed by atoms with Gasteiger partial charge in [-0.3, -0.25) is 4.79 Å². The number of carbonyl (C=O) groups is 2. The van der Waals surface area contributed by atoms with Crippen LogP contribution in [0.25, 0.3) is 0 Å². The summed E-state index contributed by atoms with van der Waals surface area (Å²) in [5, 5.41) is 0. The Hall–Kier alpha value is -2.11. The van der Waals surface area contributed by atoms with Crippen molar-refractivity contribution in [3.8, 4) is 5.75 Å². The number of carbonyl (C=O) groups excluding carboxylic acids is 2. The molecule has 0 unspecified atom stereocenters.